The number of hydrogen-bond acceptors (Lipinski definition) is 2. The van der Waals surface area contributed by atoms with Crippen molar-refractivity contribution < 1.29 is 18.0 Å². The predicted molar refractivity (Wildman–Crippen MR) is 103 cm³/mol. The maximum atomic E-state index is 13.1. The highest BCUT2D eigenvalue weighted by Gasteiger charge is 2.42. The van der Waals surface area contributed by atoms with Gasteiger partial charge in [0.2, 0.25) is 0 Å². The van der Waals surface area contributed by atoms with Crippen LogP contribution in [-0.4, -0.2) is 12.0 Å². The molecule has 0 amide bonds. The molecule has 5 heteroatoms. The maximum absolute atomic E-state index is 13.1. The Balaban J connectivity index is 1.87. The fourth-order valence-electron chi connectivity index (χ4n) is 3.08. The van der Waals surface area contributed by atoms with Crippen molar-refractivity contribution in [2.45, 2.75) is 6.18 Å². The van der Waals surface area contributed by atoms with Crippen LogP contribution >= 0.6 is 11.3 Å². The summed E-state index contributed by atoms with van der Waals surface area (Å²) in [7, 11) is 0. The second-order valence-corrected chi connectivity index (χ2v) is 7.12. The Bertz CT molecular complexity index is 1110. The van der Waals surface area contributed by atoms with Gasteiger partial charge in [0.25, 0.3) is 5.78 Å². The van der Waals surface area contributed by atoms with Gasteiger partial charge in [-0.2, -0.15) is 13.2 Å². The van der Waals surface area contributed by atoms with Crippen LogP contribution in [0.4, 0.5) is 13.2 Å². The molecule has 1 nitrogen and oxygen atoms in total. The minimum absolute atomic E-state index is 0.267. The van der Waals surface area contributed by atoms with Gasteiger partial charge < -0.3 is 0 Å². The summed E-state index contributed by atoms with van der Waals surface area (Å²) in [6.07, 6.45) is -4.90. The third-order valence-corrected chi connectivity index (χ3v) is 5.51. The monoisotopic (exact) mass is 382 g/mol. The lowest BCUT2D eigenvalue weighted by atomic mass is 9.97. The molecule has 1 heterocycles. The second-order valence-electron chi connectivity index (χ2n) is 6.07. The fourth-order valence-corrected chi connectivity index (χ4v) is 4.27. The van der Waals surface area contributed by atoms with E-state index >= 15 is 0 Å². The molecule has 0 spiro atoms. The average molecular weight is 382 g/mol. The molecule has 0 saturated carbocycles. The normalized spacial score (nSPS) is 11.7. The van der Waals surface area contributed by atoms with E-state index in [0.717, 1.165) is 22.5 Å². The lowest BCUT2D eigenvalue weighted by Crippen LogP contribution is -2.22. The minimum Gasteiger partial charge on any atom is -0.283 e. The van der Waals surface area contributed by atoms with E-state index in [1.807, 2.05) is 42.5 Å². The lowest BCUT2D eigenvalue weighted by molar-refractivity contribution is -0.0882. The Hall–Kier alpha value is -2.92. The number of fused-ring (bicyclic) bond motifs is 1. The highest BCUT2D eigenvalue weighted by Crippen LogP contribution is 2.41. The number of alkyl halides is 3. The van der Waals surface area contributed by atoms with Crippen molar-refractivity contribution in [1.29, 1.82) is 0 Å². The Morgan fingerprint density at radius 2 is 1.26 bits per heavy atom. The minimum atomic E-state index is -4.90. The quantitative estimate of drug-likeness (QED) is 0.349. The van der Waals surface area contributed by atoms with Gasteiger partial charge in [-0.05, 0) is 22.8 Å². The van der Waals surface area contributed by atoms with E-state index in [4.69, 9.17) is 0 Å². The molecule has 0 saturated heterocycles. The number of Topliss-reactive ketones (excluding diaryl/α,β-unsaturated/α-hetero) is 1. The van der Waals surface area contributed by atoms with Crippen LogP contribution in [0, 0.1) is 0 Å². The number of thiophene rings is 1. The maximum Gasteiger partial charge on any atom is 0.455 e. The van der Waals surface area contributed by atoms with Gasteiger partial charge in [0.05, 0.1) is 4.88 Å². The van der Waals surface area contributed by atoms with Gasteiger partial charge in [-0.15, -0.1) is 11.3 Å². The highest BCUT2D eigenvalue weighted by molar-refractivity contribution is 7.21. The van der Waals surface area contributed by atoms with Crippen molar-refractivity contribution in [2.24, 2.45) is 0 Å². The Labute approximate surface area is 157 Å². The van der Waals surface area contributed by atoms with Crippen LogP contribution in [0.3, 0.4) is 0 Å². The number of halogens is 3. The highest BCUT2D eigenvalue weighted by atomic mass is 32.1. The molecule has 0 aliphatic heterocycles. The Kier molecular flexibility index (Phi) is 4.32. The van der Waals surface area contributed by atoms with Crippen molar-refractivity contribution in [2.75, 3.05) is 0 Å². The summed E-state index contributed by atoms with van der Waals surface area (Å²) >= 11 is 0.885. The van der Waals surface area contributed by atoms with Crippen molar-refractivity contribution in [3.8, 4) is 22.3 Å². The zero-order valence-electron chi connectivity index (χ0n) is 14.0. The van der Waals surface area contributed by atoms with Crippen molar-refractivity contribution >= 4 is 27.2 Å². The molecule has 0 bridgehead atoms. The first kappa shape index (κ1) is 17.5. The largest absolute Gasteiger partial charge is 0.455 e. The van der Waals surface area contributed by atoms with Gasteiger partial charge in [-0.1, -0.05) is 72.8 Å². The molecule has 4 aromatic rings. The molecule has 0 N–H and O–H groups in total. The number of hydrogen-bond donors (Lipinski definition) is 0. The molecule has 27 heavy (non-hydrogen) atoms. The molecule has 134 valence electrons. The van der Waals surface area contributed by atoms with Gasteiger partial charge in [0.15, 0.2) is 0 Å². The van der Waals surface area contributed by atoms with Gasteiger partial charge in [0, 0.05) is 15.6 Å². The molecule has 0 fully saturated rings. The number of carbonyl (C=O) groups excluding carboxylic acids is 1. The summed E-state index contributed by atoms with van der Waals surface area (Å²) in [4.78, 5) is 11.7. The molecule has 1 aromatic heterocycles. The van der Waals surface area contributed by atoms with Gasteiger partial charge >= 0.3 is 6.18 Å². The molecule has 3 aromatic carbocycles. The summed E-state index contributed by atoms with van der Waals surface area (Å²) < 4.78 is 40.0. The molecular formula is C22H13F3OS. The molecule has 0 atom stereocenters. The number of carbonyl (C=O) groups is 1. The van der Waals surface area contributed by atoms with Crippen LogP contribution in [0.2, 0.25) is 0 Å². The molecule has 0 unspecified atom stereocenters. The smallest absolute Gasteiger partial charge is 0.283 e. The van der Waals surface area contributed by atoms with Gasteiger partial charge in [0.1, 0.15) is 0 Å². The van der Waals surface area contributed by atoms with E-state index in [1.54, 1.807) is 36.4 Å². The van der Waals surface area contributed by atoms with E-state index in [0.29, 0.717) is 21.2 Å². The van der Waals surface area contributed by atoms with E-state index < -0.39 is 12.0 Å². The molecule has 0 aliphatic carbocycles. The van der Waals surface area contributed by atoms with Gasteiger partial charge in [-0.25, -0.2) is 0 Å². The lowest BCUT2D eigenvalue weighted by Gasteiger charge is -2.08. The summed E-state index contributed by atoms with van der Waals surface area (Å²) in [6, 6.07) is 24.0. The molecule has 0 aliphatic rings. The van der Waals surface area contributed by atoms with Crippen LogP contribution in [0.5, 0.6) is 0 Å². The zero-order chi connectivity index (χ0) is 19.0. The van der Waals surface area contributed by atoms with E-state index in [9.17, 15) is 18.0 Å². The molecular weight excluding hydrogens is 369 g/mol. The Morgan fingerprint density at radius 3 is 1.93 bits per heavy atom. The van der Waals surface area contributed by atoms with Crippen LogP contribution in [-0.2, 0) is 0 Å². The predicted octanol–water partition coefficient (Wildman–Crippen LogP) is 6.98. The number of benzene rings is 3. The van der Waals surface area contributed by atoms with E-state index in [2.05, 4.69) is 0 Å². The summed E-state index contributed by atoms with van der Waals surface area (Å²) in [6.45, 7) is 0. The van der Waals surface area contributed by atoms with Crippen molar-refractivity contribution in [3.05, 3.63) is 83.7 Å². The fraction of sp³-hybridized carbons (Fsp3) is 0.0455. The first-order valence-corrected chi connectivity index (χ1v) is 9.06. The van der Waals surface area contributed by atoms with Crippen molar-refractivity contribution in [1.82, 2.24) is 0 Å². The first-order valence-electron chi connectivity index (χ1n) is 8.24. The molecule has 0 radical (unpaired) electrons. The molecule has 4 rings (SSSR count). The number of ketones is 1. The standard InChI is InChI=1S/C22H13F3OS/c23-22(24,25)21(26)20-19(17-8-4-5-9-18(17)27-20)16-12-10-15(11-13-16)14-6-2-1-3-7-14/h1-13H. The number of rotatable bonds is 3. The Morgan fingerprint density at radius 1 is 0.704 bits per heavy atom. The van der Waals surface area contributed by atoms with Crippen LogP contribution in [0.25, 0.3) is 32.3 Å². The van der Waals surface area contributed by atoms with Crippen molar-refractivity contribution in [3.63, 3.8) is 0 Å². The zero-order valence-corrected chi connectivity index (χ0v) is 14.8. The van der Waals surface area contributed by atoms with Crippen LogP contribution in [0.1, 0.15) is 9.67 Å². The summed E-state index contributed by atoms with van der Waals surface area (Å²) in [5.74, 6) is -1.80. The van der Waals surface area contributed by atoms with Crippen LogP contribution in [0.15, 0.2) is 78.9 Å². The van der Waals surface area contributed by atoms with Crippen LogP contribution < -0.4 is 0 Å². The average Bonchev–Trinajstić information content (AvgIpc) is 3.07. The third-order valence-electron chi connectivity index (χ3n) is 4.34. The first-order chi connectivity index (χ1) is 12.9. The SMILES string of the molecule is O=C(c1sc2ccccc2c1-c1ccc(-c2ccccc2)cc1)C(F)(F)F. The topological polar surface area (TPSA) is 17.1 Å². The van der Waals surface area contributed by atoms with E-state index in [1.165, 1.54) is 0 Å². The van der Waals surface area contributed by atoms with E-state index in [-0.39, 0.29) is 4.88 Å². The second kappa shape index (κ2) is 6.67. The summed E-state index contributed by atoms with van der Waals surface area (Å²) in [5, 5.41) is 0.655. The van der Waals surface area contributed by atoms with Gasteiger partial charge in [-0.3, -0.25) is 4.79 Å². The third kappa shape index (κ3) is 3.26. The summed E-state index contributed by atoms with van der Waals surface area (Å²) in [5.41, 5.74) is 2.92.